The highest BCUT2D eigenvalue weighted by Gasteiger charge is 2.16. The number of aryl methyl sites for hydroxylation is 2. The van der Waals surface area contributed by atoms with Crippen LogP contribution < -0.4 is 0 Å². The fourth-order valence-electron chi connectivity index (χ4n) is 1.65. The number of hydrogen-bond donors (Lipinski definition) is 0. The van der Waals surface area contributed by atoms with E-state index in [-0.39, 0.29) is 0 Å². The molecule has 0 N–H and O–H groups in total. The van der Waals surface area contributed by atoms with Crippen molar-refractivity contribution < 1.29 is 0 Å². The Morgan fingerprint density at radius 1 is 1.62 bits per heavy atom. The SMILES string of the molecule is C=C=CC(=C)c1c(CCC)nn(C)c1C#N. The second-order valence-corrected chi connectivity index (χ2v) is 3.53. The Bertz CT molecular complexity index is 494. The van der Waals surface area contributed by atoms with Crippen molar-refractivity contribution in [1.82, 2.24) is 9.78 Å². The summed E-state index contributed by atoms with van der Waals surface area (Å²) in [5, 5.41) is 13.4. The molecule has 0 bridgehead atoms. The van der Waals surface area contributed by atoms with Gasteiger partial charge in [0.05, 0.1) is 5.69 Å². The van der Waals surface area contributed by atoms with Crippen LogP contribution in [0, 0.1) is 11.3 Å². The lowest BCUT2D eigenvalue weighted by Gasteiger charge is -2.00. The summed E-state index contributed by atoms with van der Waals surface area (Å²) in [4.78, 5) is 0. The summed E-state index contributed by atoms with van der Waals surface area (Å²) in [6.45, 7) is 9.51. The van der Waals surface area contributed by atoms with Crippen LogP contribution in [-0.4, -0.2) is 9.78 Å². The van der Waals surface area contributed by atoms with Crippen LogP contribution in [0.5, 0.6) is 0 Å². The summed E-state index contributed by atoms with van der Waals surface area (Å²) >= 11 is 0. The van der Waals surface area contributed by atoms with Gasteiger partial charge in [-0.3, -0.25) is 4.68 Å². The lowest BCUT2D eigenvalue weighted by Crippen LogP contribution is -1.94. The largest absolute Gasteiger partial charge is 0.257 e. The zero-order valence-corrected chi connectivity index (χ0v) is 9.75. The van der Waals surface area contributed by atoms with E-state index in [1.807, 2.05) is 0 Å². The predicted molar refractivity (Wildman–Crippen MR) is 64.7 cm³/mol. The van der Waals surface area contributed by atoms with Crippen LogP contribution in [-0.2, 0) is 13.5 Å². The van der Waals surface area contributed by atoms with E-state index in [1.54, 1.807) is 17.8 Å². The lowest BCUT2D eigenvalue weighted by atomic mass is 10.0. The average molecular weight is 213 g/mol. The Morgan fingerprint density at radius 3 is 2.81 bits per heavy atom. The fourth-order valence-corrected chi connectivity index (χ4v) is 1.65. The summed E-state index contributed by atoms with van der Waals surface area (Å²) in [7, 11) is 1.77. The average Bonchev–Trinajstić information content (AvgIpc) is 2.55. The first kappa shape index (κ1) is 12.0. The minimum Gasteiger partial charge on any atom is -0.257 e. The molecule has 0 unspecified atom stereocenters. The molecule has 3 nitrogen and oxygen atoms in total. The molecule has 0 aliphatic carbocycles. The molecule has 0 aliphatic heterocycles. The van der Waals surface area contributed by atoms with E-state index in [0.717, 1.165) is 29.7 Å². The van der Waals surface area contributed by atoms with Crippen molar-refractivity contribution in [2.75, 3.05) is 0 Å². The third-order valence-electron chi connectivity index (χ3n) is 2.31. The van der Waals surface area contributed by atoms with Crippen LogP contribution in [0.1, 0.15) is 30.3 Å². The van der Waals surface area contributed by atoms with Crippen LogP contribution in [0.4, 0.5) is 0 Å². The Morgan fingerprint density at radius 2 is 2.31 bits per heavy atom. The van der Waals surface area contributed by atoms with E-state index in [9.17, 15) is 0 Å². The van der Waals surface area contributed by atoms with Crippen molar-refractivity contribution in [2.24, 2.45) is 7.05 Å². The summed E-state index contributed by atoms with van der Waals surface area (Å²) in [6.07, 6.45) is 3.51. The zero-order chi connectivity index (χ0) is 12.1. The number of allylic oxidation sites excluding steroid dienone is 2. The minimum atomic E-state index is 0.542. The highest BCUT2D eigenvalue weighted by molar-refractivity contribution is 5.76. The maximum absolute atomic E-state index is 9.10. The number of hydrogen-bond acceptors (Lipinski definition) is 2. The first-order chi connectivity index (χ1) is 7.65. The molecule has 0 amide bonds. The van der Waals surface area contributed by atoms with Crippen molar-refractivity contribution in [3.8, 4) is 6.07 Å². The standard InChI is InChI=1S/C13H15N3/c1-5-7-10(3)13-11(8-6-2)15-16(4)12(13)9-14/h7H,1,3,6,8H2,2,4H3. The van der Waals surface area contributed by atoms with Gasteiger partial charge in [0, 0.05) is 12.6 Å². The van der Waals surface area contributed by atoms with Crippen molar-refractivity contribution in [2.45, 2.75) is 19.8 Å². The van der Waals surface area contributed by atoms with Crippen LogP contribution >= 0.6 is 0 Å². The third-order valence-corrected chi connectivity index (χ3v) is 2.31. The van der Waals surface area contributed by atoms with Crippen molar-refractivity contribution in [1.29, 1.82) is 5.26 Å². The van der Waals surface area contributed by atoms with Crippen molar-refractivity contribution in [3.05, 3.63) is 41.9 Å². The Labute approximate surface area is 96.0 Å². The third kappa shape index (κ3) is 2.13. The Hall–Kier alpha value is -2.04. The van der Waals surface area contributed by atoms with Crippen LogP contribution in [0.3, 0.4) is 0 Å². The van der Waals surface area contributed by atoms with Crippen LogP contribution in [0.25, 0.3) is 5.57 Å². The maximum atomic E-state index is 9.10. The Kier molecular flexibility index (Phi) is 3.88. The molecule has 1 aromatic rings. The number of rotatable bonds is 4. The molecule has 1 rings (SSSR count). The molecule has 0 fully saturated rings. The molecular formula is C13H15N3. The second kappa shape index (κ2) is 5.16. The zero-order valence-electron chi connectivity index (χ0n) is 9.75. The van der Waals surface area contributed by atoms with Crippen molar-refractivity contribution in [3.63, 3.8) is 0 Å². The van der Waals surface area contributed by atoms with E-state index in [2.05, 4.69) is 37.0 Å². The molecule has 16 heavy (non-hydrogen) atoms. The van der Waals surface area contributed by atoms with Crippen LogP contribution in [0.2, 0.25) is 0 Å². The van der Waals surface area contributed by atoms with Gasteiger partial charge < -0.3 is 0 Å². The lowest BCUT2D eigenvalue weighted by molar-refractivity contribution is 0.725. The normalized spacial score (nSPS) is 9.31. The maximum Gasteiger partial charge on any atom is 0.146 e. The van der Waals surface area contributed by atoms with Crippen molar-refractivity contribution >= 4 is 5.57 Å². The Balaban J connectivity index is 3.37. The van der Waals surface area contributed by atoms with E-state index < -0.39 is 0 Å². The highest BCUT2D eigenvalue weighted by Crippen LogP contribution is 2.23. The second-order valence-electron chi connectivity index (χ2n) is 3.53. The van der Waals surface area contributed by atoms with Gasteiger partial charge in [-0.15, -0.1) is 5.73 Å². The van der Waals surface area contributed by atoms with E-state index in [0.29, 0.717) is 5.69 Å². The molecule has 0 saturated carbocycles. The summed E-state index contributed by atoms with van der Waals surface area (Å²) in [6, 6.07) is 2.15. The van der Waals surface area contributed by atoms with Gasteiger partial charge in [0.25, 0.3) is 0 Å². The number of nitrogens with zero attached hydrogens (tertiary/aromatic N) is 3. The summed E-state index contributed by atoms with van der Waals surface area (Å²) in [5.74, 6) is 0. The van der Waals surface area contributed by atoms with Gasteiger partial charge in [-0.05, 0) is 18.1 Å². The molecule has 82 valence electrons. The molecule has 0 saturated heterocycles. The molecular weight excluding hydrogens is 198 g/mol. The number of aromatic nitrogens is 2. The van der Waals surface area contributed by atoms with E-state index in [1.165, 1.54) is 0 Å². The van der Waals surface area contributed by atoms with Gasteiger partial charge >= 0.3 is 0 Å². The molecule has 0 spiro atoms. The predicted octanol–water partition coefficient (Wildman–Crippen LogP) is 2.60. The van der Waals surface area contributed by atoms with Gasteiger partial charge in [0.2, 0.25) is 0 Å². The highest BCUT2D eigenvalue weighted by atomic mass is 15.3. The van der Waals surface area contributed by atoms with Gasteiger partial charge in [-0.25, -0.2) is 0 Å². The van der Waals surface area contributed by atoms with Gasteiger partial charge in [-0.2, -0.15) is 10.4 Å². The summed E-state index contributed by atoms with van der Waals surface area (Å²) < 4.78 is 1.60. The van der Waals surface area contributed by atoms with Gasteiger partial charge in [0.1, 0.15) is 11.8 Å². The molecule has 1 heterocycles. The molecule has 0 radical (unpaired) electrons. The van der Waals surface area contributed by atoms with Crippen LogP contribution in [0.15, 0.2) is 25.0 Å². The molecule has 1 aromatic heterocycles. The quantitative estimate of drug-likeness (QED) is 0.570. The number of nitriles is 1. The van der Waals surface area contributed by atoms with E-state index in [4.69, 9.17) is 5.26 Å². The van der Waals surface area contributed by atoms with E-state index >= 15 is 0 Å². The topological polar surface area (TPSA) is 41.6 Å². The first-order valence-corrected chi connectivity index (χ1v) is 5.16. The molecule has 3 heteroatoms. The minimum absolute atomic E-state index is 0.542. The van der Waals surface area contributed by atoms with Gasteiger partial charge in [0.15, 0.2) is 0 Å². The molecule has 0 aromatic carbocycles. The van der Waals surface area contributed by atoms with Gasteiger partial charge in [-0.1, -0.05) is 26.5 Å². The monoisotopic (exact) mass is 213 g/mol. The fraction of sp³-hybridized carbons (Fsp3) is 0.308. The molecule has 0 aliphatic rings. The smallest absolute Gasteiger partial charge is 0.146 e. The molecule has 0 atom stereocenters. The summed E-state index contributed by atoms with van der Waals surface area (Å²) in [5.41, 5.74) is 5.69. The first-order valence-electron chi connectivity index (χ1n) is 5.16.